The van der Waals surface area contributed by atoms with Gasteiger partial charge in [-0.2, -0.15) is 4.39 Å². The largest absolute Gasteiger partial charge is 0.461 e. The molecule has 33 heavy (non-hydrogen) atoms. The molecule has 0 aliphatic heterocycles. The standard InChI is InChI=1S/C26H23FN4O2/c1-16-5-7-18(8-6-16)20-12-17(2)25(31-14-20)33-23-10-9-19(13-21(23)15-32-26(28)29)22-4-3-11-30-24(22)27/h3-14H,15H2,1-2H3,(H3,28,29). The van der Waals surface area contributed by atoms with Gasteiger partial charge in [0.05, 0.1) is 0 Å². The molecule has 4 rings (SSSR count). The Balaban J connectivity index is 1.65. The van der Waals surface area contributed by atoms with Crippen LogP contribution in [-0.2, 0) is 11.3 Å². The fraction of sp³-hybridized carbons (Fsp3) is 0.115. The Morgan fingerprint density at radius 2 is 1.73 bits per heavy atom. The SMILES string of the molecule is Cc1ccc(-c2cnc(Oc3ccc(-c4cccnc4F)cc3COC(=N)N)c(C)c2)cc1. The molecular formula is C26H23FN4O2. The van der Waals surface area contributed by atoms with Crippen molar-refractivity contribution in [2.75, 3.05) is 0 Å². The van der Waals surface area contributed by atoms with Crippen molar-refractivity contribution in [3.63, 3.8) is 0 Å². The van der Waals surface area contributed by atoms with Gasteiger partial charge in [-0.15, -0.1) is 0 Å². The molecule has 6 nitrogen and oxygen atoms in total. The van der Waals surface area contributed by atoms with E-state index >= 15 is 0 Å². The quantitative estimate of drug-likeness (QED) is 0.225. The van der Waals surface area contributed by atoms with E-state index in [4.69, 9.17) is 20.6 Å². The Hall–Kier alpha value is -4.26. The van der Waals surface area contributed by atoms with Crippen LogP contribution in [0.5, 0.6) is 11.6 Å². The maximum absolute atomic E-state index is 14.2. The van der Waals surface area contributed by atoms with Crippen LogP contribution in [0.2, 0.25) is 0 Å². The molecule has 0 aliphatic rings. The molecular weight excluding hydrogens is 419 g/mol. The molecule has 2 heterocycles. The minimum absolute atomic E-state index is 0.0130. The van der Waals surface area contributed by atoms with Gasteiger partial charge < -0.3 is 15.2 Å². The highest BCUT2D eigenvalue weighted by Crippen LogP contribution is 2.33. The Morgan fingerprint density at radius 1 is 0.970 bits per heavy atom. The number of amidine groups is 1. The Kier molecular flexibility index (Phi) is 6.31. The van der Waals surface area contributed by atoms with E-state index in [9.17, 15) is 4.39 Å². The number of ether oxygens (including phenoxy) is 2. The van der Waals surface area contributed by atoms with Gasteiger partial charge in [0.1, 0.15) is 12.4 Å². The summed E-state index contributed by atoms with van der Waals surface area (Å²) in [6.07, 6.45) is 3.16. The lowest BCUT2D eigenvalue weighted by Crippen LogP contribution is -2.14. The number of hydrogen-bond donors (Lipinski definition) is 2. The van der Waals surface area contributed by atoms with Gasteiger partial charge in [-0.1, -0.05) is 35.9 Å². The minimum atomic E-state index is -0.575. The molecule has 0 radical (unpaired) electrons. The molecule has 0 spiro atoms. The fourth-order valence-electron chi connectivity index (χ4n) is 3.39. The zero-order valence-corrected chi connectivity index (χ0v) is 18.3. The topological polar surface area (TPSA) is 94.1 Å². The summed E-state index contributed by atoms with van der Waals surface area (Å²) in [5, 5.41) is 7.37. The predicted molar refractivity (Wildman–Crippen MR) is 126 cm³/mol. The number of rotatable bonds is 6. The molecule has 0 amide bonds. The first kappa shape index (κ1) is 22.0. The van der Waals surface area contributed by atoms with Crippen molar-refractivity contribution in [2.24, 2.45) is 5.73 Å². The van der Waals surface area contributed by atoms with Gasteiger partial charge >= 0.3 is 0 Å². The van der Waals surface area contributed by atoms with Crippen LogP contribution in [0.25, 0.3) is 22.3 Å². The fourth-order valence-corrected chi connectivity index (χ4v) is 3.39. The third-order valence-electron chi connectivity index (χ3n) is 5.14. The number of nitrogens with one attached hydrogen (secondary N) is 1. The van der Waals surface area contributed by atoms with E-state index in [1.54, 1.807) is 36.5 Å². The van der Waals surface area contributed by atoms with Crippen molar-refractivity contribution < 1.29 is 13.9 Å². The molecule has 4 aromatic rings. The van der Waals surface area contributed by atoms with Crippen molar-refractivity contribution in [2.45, 2.75) is 20.5 Å². The van der Waals surface area contributed by atoms with Crippen LogP contribution in [0.1, 0.15) is 16.7 Å². The van der Waals surface area contributed by atoms with Crippen LogP contribution < -0.4 is 10.5 Å². The lowest BCUT2D eigenvalue weighted by molar-refractivity contribution is 0.279. The number of aromatic nitrogens is 2. The van der Waals surface area contributed by atoms with Gasteiger partial charge in [-0.25, -0.2) is 9.97 Å². The number of nitrogens with two attached hydrogens (primary N) is 1. The van der Waals surface area contributed by atoms with Crippen LogP contribution >= 0.6 is 0 Å². The Bertz CT molecular complexity index is 1310. The van der Waals surface area contributed by atoms with E-state index < -0.39 is 12.0 Å². The minimum Gasteiger partial charge on any atom is -0.461 e. The number of nitrogens with zero attached hydrogens (tertiary/aromatic N) is 2. The first-order valence-corrected chi connectivity index (χ1v) is 10.3. The van der Waals surface area contributed by atoms with Crippen LogP contribution in [0.3, 0.4) is 0 Å². The van der Waals surface area contributed by atoms with E-state index in [0.29, 0.717) is 28.3 Å². The average molecular weight is 442 g/mol. The molecule has 0 atom stereocenters. The highest BCUT2D eigenvalue weighted by atomic mass is 19.1. The van der Waals surface area contributed by atoms with Crippen LogP contribution in [0.15, 0.2) is 73.1 Å². The normalized spacial score (nSPS) is 10.6. The maximum atomic E-state index is 14.2. The Morgan fingerprint density at radius 3 is 2.42 bits per heavy atom. The summed E-state index contributed by atoms with van der Waals surface area (Å²) in [7, 11) is 0. The molecule has 2 aromatic carbocycles. The summed E-state index contributed by atoms with van der Waals surface area (Å²) in [6.45, 7) is 3.96. The van der Waals surface area contributed by atoms with Crippen LogP contribution in [0, 0.1) is 25.2 Å². The van der Waals surface area contributed by atoms with Gasteiger partial charge in [0, 0.05) is 34.6 Å². The van der Waals surface area contributed by atoms with Gasteiger partial charge in [0.2, 0.25) is 11.8 Å². The summed E-state index contributed by atoms with van der Waals surface area (Å²) in [5.74, 6) is 0.340. The molecule has 3 N–H and O–H groups in total. The van der Waals surface area contributed by atoms with Gasteiger partial charge in [-0.05, 0) is 55.3 Å². The molecule has 2 aromatic heterocycles. The summed E-state index contributed by atoms with van der Waals surface area (Å²) >= 11 is 0. The molecule has 0 unspecified atom stereocenters. The number of pyridine rings is 2. The van der Waals surface area contributed by atoms with Gasteiger partial charge in [0.25, 0.3) is 6.02 Å². The second kappa shape index (κ2) is 9.48. The molecule has 0 fully saturated rings. The highest BCUT2D eigenvalue weighted by molar-refractivity contribution is 5.69. The van der Waals surface area contributed by atoms with Crippen molar-refractivity contribution in [1.82, 2.24) is 9.97 Å². The lowest BCUT2D eigenvalue weighted by atomic mass is 10.0. The summed E-state index contributed by atoms with van der Waals surface area (Å²) < 4.78 is 25.5. The summed E-state index contributed by atoms with van der Waals surface area (Å²) in [4.78, 5) is 8.21. The number of halogens is 1. The number of aryl methyl sites for hydroxylation is 2. The maximum Gasteiger partial charge on any atom is 0.279 e. The van der Waals surface area contributed by atoms with E-state index in [-0.39, 0.29) is 6.61 Å². The molecule has 7 heteroatoms. The molecule has 0 saturated carbocycles. The molecule has 166 valence electrons. The zero-order valence-electron chi connectivity index (χ0n) is 18.3. The van der Waals surface area contributed by atoms with Crippen LogP contribution in [-0.4, -0.2) is 16.0 Å². The van der Waals surface area contributed by atoms with Crippen molar-refractivity contribution >= 4 is 6.02 Å². The molecule has 0 bridgehead atoms. The number of benzene rings is 2. The molecule has 0 saturated heterocycles. The monoisotopic (exact) mass is 442 g/mol. The first-order valence-electron chi connectivity index (χ1n) is 10.3. The van der Waals surface area contributed by atoms with E-state index in [0.717, 1.165) is 16.7 Å². The summed E-state index contributed by atoms with van der Waals surface area (Å²) in [5.41, 5.74) is 11.0. The first-order chi connectivity index (χ1) is 15.9. The van der Waals surface area contributed by atoms with Crippen LogP contribution in [0.4, 0.5) is 4.39 Å². The lowest BCUT2D eigenvalue weighted by Gasteiger charge is -2.15. The second-order valence-electron chi connectivity index (χ2n) is 7.63. The zero-order chi connectivity index (χ0) is 23.4. The molecule has 0 aliphatic carbocycles. The van der Waals surface area contributed by atoms with Crippen molar-refractivity contribution in [1.29, 1.82) is 5.41 Å². The average Bonchev–Trinajstić information content (AvgIpc) is 2.80. The van der Waals surface area contributed by atoms with E-state index in [2.05, 4.69) is 34.2 Å². The second-order valence-corrected chi connectivity index (χ2v) is 7.63. The van der Waals surface area contributed by atoms with Crippen molar-refractivity contribution in [3.05, 3.63) is 95.7 Å². The van der Waals surface area contributed by atoms with E-state index in [1.807, 2.05) is 19.9 Å². The van der Waals surface area contributed by atoms with E-state index in [1.165, 1.54) is 11.8 Å². The van der Waals surface area contributed by atoms with Crippen molar-refractivity contribution in [3.8, 4) is 33.9 Å². The number of hydrogen-bond acceptors (Lipinski definition) is 5. The third kappa shape index (κ3) is 5.15. The highest BCUT2D eigenvalue weighted by Gasteiger charge is 2.14. The predicted octanol–water partition coefficient (Wildman–Crippen LogP) is 5.77. The smallest absolute Gasteiger partial charge is 0.279 e. The van der Waals surface area contributed by atoms with Gasteiger partial charge in [0.15, 0.2) is 0 Å². The third-order valence-corrected chi connectivity index (χ3v) is 5.14. The van der Waals surface area contributed by atoms with Gasteiger partial charge in [-0.3, -0.25) is 5.41 Å². The summed E-state index contributed by atoms with van der Waals surface area (Å²) in [6, 6.07) is 18.3. The Labute approximate surface area is 191 Å².